The molecule has 0 heterocycles. The number of aliphatic hydroxyl groups is 1. The number of hydrogen-bond donors (Lipinski definition) is 1. The maximum atomic E-state index is 15.3. The van der Waals surface area contributed by atoms with Crippen LogP contribution in [-0.4, -0.2) is 22.7 Å². The second-order valence-corrected chi connectivity index (χ2v) is 5.49. The summed E-state index contributed by atoms with van der Waals surface area (Å²) in [6.07, 6.45) is 4.92. The summed E-state index contributed by atoms with van der Waals surface area (Å²) in [5.41, 5.74) is -1.74. The molecule has 94 valence electrons. The molecular weight excluding hydrogens is 219 g/mol. The van der Waals surface area contributed by atoms with Crippen LogP contribution in [0.2, 0.25) is 0 Å². The standard InChI is InChI=1S/C14H19FO2/c1-9-4-5-11-8-12(17)6-7-13(11,3)14(9,15)10(2)16/h6-10,16H,4-5H2,1-3H3. The van der Waals surface area contributed by atoms with Crippen LogP contribution in [0.25, 0.3) is 0 Å². The van der Waals surface area contributed by atoms with E-state index in [1.165, 1.54) is 19.1 Å². The van der Waals surface area contributed by atoms with Gasteiger partial charge in [0.15, 0.2) is 11.5 Å². The summed E-state index contributed by atoms with van der Waals surface area (Å²) in [6.45, 7) is 5.11. The third kappa shape index (κ3) is 1.52. The first-order valence-electron chi connectivity index (χ1n) is 6.13. The molecule has 0 aromatic heterocycles. The molecule has 2 aliphatic carbocycles. The van der Waals surface area contributed by atoms with Crippen LogP contribution in [0.5, 0.6) is 0 Å². The lowest BCUT2D eigenvalue weighted by Crippen LogP contribution is -2.57. The molecule has 0 radical (unpaired) electrons. The number of carbonyl (C=O) groups excluding carboxylic acids is 1. The number of halogens is 1. The smallest absolute Gasteiger partial charge is 0.178 e. The van der Waals surface area contributed by atoms with Crippen LogP contribution in [0.1, 0.15) is 33.6 Å². The minimum atomic E-state index is -1.70. The molecule has 17 heavy (non-hydrogen) atoms. The van der Waals surface area contributed by atoms with Gasteiger partial charge in [-0.15, -0.1) is 0 Å². The normalized spacial score (nSPS) is 43.0. The van der Waals surface area contributed by atoms with Gasteiger partial charge in [0.25, 0.3) is 0 Å². The van der Waals surface area contributed by atoms with Crippen LogP contribution in [0, 0.1) is 11.3 Å². The molecule has 2 nitrogen and oxygen atoms in total. The summed E-state index contributed by atoms with van der Waals surface area (Å²) in [5, 5.41) is 9.86. The van der Waals surface area contributed by atoms with Crippen LogP contribution < -0.4 is 0 Å². The zero-order valence-corrected chi connectivity index (χ0v) is 10.5. The van der Waals surface area contributed by atoms with Crippen molar-refractivity contribution in [3.63, 3.8) is 0 Å². The molecule has 1 N–H and O–H groups in total. The van der Waals surface area contributed by atoms with Crippen molar-refractivity contribution in [1.29, 1.82) is 0 Å². The van der Waals surface area contributed by atoms with Crippen LogP contribution in [0.4, 0.5) is 4.39 Å². The van der Waals surface area contributed by atoms with E-state index in [1.54, 1.807) is 13.0 Å². The van der Waals surface area contributed by atoms with E-state index in [-0.39, 0.29) is 11.7 Å². The number of alkyl halides is 1. The number of ketones is 1. The molecule has 3 heteroatoms. The fourth-order valence-corrected chi connectivity index (χ4v) is 3.37. The highest BCUT2D eigenvalue weighted by Gasteiger charge is 2.58. The summed E-state index contributed by atoms with van der Waals surface area (Å²) in [6, 6.07) is 0. The topological polar surface area (TPSA) is 37.3 Å². The Hall–Kier alpha value is -0.960. The second-order valence-electron chi connectivity index (χ2n) is 5.49. The average molecular weight is 238 g/mol. The Morgan fingerprint density at radius 3 is 2.82 bits per heavy atom. The molecular formula is C14H19FO2. The van der Waals surface area contributed by atoms with E-state index in [0.717, 1.165) is 12.0 Å². The summed E-state index contributed by atoms with van der Waals surface area (Å²) >= 11 is 0. The zero-order valence-electron chi connectivity index (χ0n) is 10.5. The van der Waals surface area contributed by atoms with Crippen molar-refractivity contribution in [3.8, 4) is 0 Å². The summed E-state index contributed by atoms with van der Waals surface area (Å²) in [7, 11) is 0. The van der Waals surface area contributed by atoms with Gasteiger partial charge >= 0.3 is 0 Å². The second kappa shape index (κ2) is 3.77. The van der Waals surface area contributed by atoms with Gasteiger partial charge in [0.05, 0.1) is 6.10 Å². The fraction of sp³-hybridized carbons (Fsp3) is 0.643. The minimum Gasteiger partial charge on any atom is -0.390 e. The molecule has 0 aliphatic heterocycles. The highest BCUT2D eigenvalue weighted by Crippen LogP contribution is 2.56. The summed E-state index contributed by atoms with van der Waals surface area (Å²) in [4.78, 5) is 11.4. The van der Waals surface area contributed by atoms with Crippen molar-refractivity contribution >= 4 is 5.78 Å². The maximum absolute atomic E-state index is 15.3. The Morgan fingerprint density at radius 1 is 1.59 bits per heavy atom. The number of carbonyl (C=O) groups is 1. The van der Waals surface area contributed by atoms with E-state index < -0.39 is 17.2 Å². The minimum absolute atomic E-state index is 0.0834. The van der Waals surface area contributed by atoms with Crippen LogP contribution in [0.15, 0.2) is 23.8 Å². The Kier molecular flexibility index (Phi) is 2.77. The fourth-order valence-electron chi connectivity index (χ4n) is 3.37. The first-order valence-corrected chi connectivity index (χ1v) is 6.13. The van der Waals surface area contributed by atoms with E-state index in [9.17, 15) is 9.90 Å². The van der Waals surface area contributed by atoms with Gasteiger partial charge in [0.1, 0.15) is 0 Å². The quantitative estimate of drug-likeness (QED) is 0.762. The van der Waals surface area contributed by atoms with E-state index in [0.29, 0.717) is 6.42 Å². The van der Waals surface area contributed by atoms with E-state index in [4.69, 9.17) is 0 Å². The van der Waals surface area contributed by atoms with Crippen molar-refractivity contribution in [3.05, 3.63) is 23.8 Å². The van der Waals surface area contributed by atoms with Crippen molar-refractivity contribution in [2.45, 2.75) is 45.4 Å². The number of fused-ring (bicyclic) bond motifs is 1. The van der Waals surface area contributed by atoms with Gasteiger partial charge in [-0.2, -0.15) is 0 Å². The lowest BCUT2D eigenvalue weighted by Gasteiger charge is -2.52. The Morgan fingerprint density at radius 2 is 2.24 bits per heavy atom. The van der Waals surface area contributed by atoms with Gasteiger partial charge in [-0.1, -0.05) is 18.6 Å². The third-order valence-electron chi connectivity index (χ3n) is 4.53. The van der Waals surface area contributed by atoms with E-state index in [2.05, 4.69) is 0 Å². The lowest BCUT2D eigenvalue weighted by atomic mass is 9.55. The Labute approximate surface area is 101 Å². The van der Waals surface area contributed by atoms with Gasteiger partial charge in [-0.05, 0) is 44.8 Å². The maximum Gasteiger partial charge on any atom is 0.178 e. The molecule has 4 atom stereocenters. The number of hydrogen-bond acceptors (Lipinski definition) is 2. The van der Waals surface area contributed by atoms with Gasteiger partial charge in [-0.25, -0.2) is 4.39 Å². The van der Waals surface area contributed by atoms with E-state index in [1.807, 2.05) is 6.92 Å². The molecule has 2 rings (SSSR count). The number of aliphatic hydroxyl groups excluding tert-OH is 1. The molecule has 1 saturated carbocycles. The molecule has 2 aliphatic rings. The van der Waals surface area contributed by atoms with Gasteiger partial charge in [0, 0.05) is 5.41 Å². The van der Waals surface area contributed by atoms with Crippen LogP contribution in [0.3, 0.4) is 0 Å². The summed E-state index contributed by atoms with van der Waals surface area (Å²) < 4.78 is 15.3. The van der Waals surface area contributed by atoms with Gasteiger partial charge < -0.3 is 5.11 Å². The van der Waals surface area contributed by atoms with Crippen molar-refractivity contribution in [1.82, 2.24) is 0 Å². The number of rotatable bonds is 1. The molecule has 0 spiro atoms. The molecule has 0 saturated heterocycles. The third-order valence-corrected chi connectivity index (χ3v) is 4.53. The predicted molar refractivity (Wildman–Crippen MR) is 64.3 cm³/mol. The number of allylic oxidation sites excluding steroid dienone is 4. The monoisotopic (exact) mass is 238 g/mol. The van der Waals surface area contributed by atoms with Crippen molar-refractivity contribution < 1.29 is 14.3 Å². The Balaban J connectivity index is 2.54. The summed E-state index contributed by atoms with van der Waals surface area (Å²) in [5.74, 6) is -0.303. The van der Waals surface area contributed by atoms with Crippen LogP contribution >= 0.6 is 0 Å². The average Bonchev–Trinajstić information content (AvgIpc) is 2.27. The van der Waals surface area contributed by atoms with Crippen molar-refractivity contribution in [2.75, 3.05) is 0 Å². The zero-order chi connectivity index (χ0) is 12.8. The van der Waals surface area contributed by atoms with Gasteiger partial charge in [-0.3, -0.25) is 4.79 Å². The lowest BCUT2D eigenvalue weighted by molar-refractivity contribution is -0.115. The Bertz CT molecular complexity index is 410. The van der Waals surface area contributed by atoms with Crippen LogP contribution in [-0.2, 0) is 4.79 Å². The first-order chi connectivity index (χ1) is 7.82. The molecule has 0 bridgehead atoms. The highest BCUT2D eigenvalue weighted by atomic mass is 19.1. The molecule has 0 aromatic carbocycles. The molecule has 4 unspecified atom stereocenters. The SMILES string of the molecule is CC(O)C1(F)C(C)CCC2=CC(=O)C=CC21C. The molecule has 1 fully saturated rings. The van der Waals surface area contributed by atoms with E-state index >= 15 is 4.39 Å². The molecule has 0 amide bonds. The molecule has 0 aromatic rings. The first kappa shape index (κ1) is 12.5. The predicted octanol–water partition coefficient (Wildman–Crippen LogP) is 2.58. The largest absolute Gasteiger partial charge is 0.390 e. The van der Waals surface area contributed by atoms with Gasteiger partial charge in [0.2, 0.25) is 0 Å². The highest BCUT2D eigenvalue weighted by molar-refractivity contribution is 6.01. The van der Waals surface area contributed by atoms with Crippen molar-refractivity contribution in [2.24, 2.45) is 11.3 Å².